The van der Waals surface area contributed by atoms with Crippen LogP contribution >= 0.6 is 11.6 Å². The highest BCUT2D eigenvalue weighted by molar-refractivity contribution is 7.92. The lowest BCUT2D eigenvalue weighted by atomic mass is 10.2. The van der Waals surface area contributed by atoms with Crippen LogP contribution in [0.2, 0.25) is 5.02 Å². The van der Waals surface area contributed by atoms with Gasteiger partial charge >= 0.3 is 0 Å². The maximum absolute atomic E-state index is 13.5. The normalized spacial score (nSPS) is 11.3. The summed E-state index contributed by atoms with van der Waals surface area (Å²) in [7, 11) is -3.97. The van der Waals surface area contributed by atoms with Gasteiger partial charge in [-0.15, -0.1) is 0 Å². The molecule has 0 saturated heterocycles. The SMILES string of the molecule is Cc1c(Cl)cccc1NS(=O)(=O)c1ccccc1F. The Labute approximate surface area is 116 Å². The van der Waals surface area contributed by atoms with Crippen molar-refractivity contribution in [1.82, 2.24) is 0 Å². The van der Waals surface area contributed by atoms with Gasteiger partial charge in [-0.1, -0.05) is 29.8 Å². The van der Waals surface area contributed by atoms with Gasteiger partial charge in [0.2, 0.25) is 0 Å². The van der Waals surface area contributed by atoms with E-state index in [9.17, 15) is 12.8 Å². The van der Waals surface area contributed by atoms with Crippen molar-refractivity contribution in [2.24, 2.45) is 0 Å². The monoisotopic (exact) mass is 299 g/mol. The molecular formula is C13H11ClFNO2S. The summed E-state index contributed by atoms with van der Waals surface area (Å²) in [5.74, 6) is -0.797. The van der Waals surface area contributed by atoms with Crippen molar-refractivity contribution < 1.29 is 12.8 Å². The highest BCUT2D eigenvalue weighted by Crippen LogP contribution is 2.26. The van der Waals surface area contributed by atoms with Gasteiger partial charge in [-0.25, -0.2) is 12.8 Å². The van der Waals surface area contributed by atoms with E-state index in [0.717, 1.165) is 6.07 Å². The van der Waals surface area contributed by atoms with E-state index >= 15 is 0 Å². The summed E-state index contributed by atoms with van der Waals surface area (Å²) in [5.41, 5.74) is 0.917. The third-order valence-corrected chi connectivity index (χ3v) is 4.45. The van der Waals surface area contributed by atoms with Crippen LogP contribution in [0.3, 0.4) is 0 Å². The fourth-order valence-electron chi connectivity index (χ4n) is 1.58. The van der Waals surface area contributed by atoms with E-state index < -0.39 is 20.7 Å². The van der Waals surface area contributed by atoms with E-state index in [1.807, 2.05) is 0 Å². The van der Waals surface area contributed by atoms with Crippen LogP contribution in [0.4, 0.5) is 10.1 Å². The molecule has 0 heterocycles. The van der Waals surface area contributed by atoms with Crippen LogP contribution in [0.15, 0.2) is 47.4 Å². The molecule has 0 aromatic heterocycles. The Hall–Kier alpha value is -1.59. The van der Waals surface area contributed by atoms with Gasteiger partial charge in [0.25, 0.3) is 10.0 Å². The molecule has 0 aliphatic heterocycles. The molecule has 0 aliphatic rings. The van der Waals surface area contributed by atoms with Crippen LogP contribution in [-0.2, 0) is 10.0 Å². The molecule has 0 saturated carbocycles. The largest absolute Gasteiger partial charge is 0.279 e. The van der Waals surface area contributed by atoms with E-state index in [2.05, 4.69) is 4.72 Å². The van der Waals surface area contributed by atoms with E-state index in [-0.39, 0.29) is 0 Å². The minimum Gasteiger partial charge on any atom is -0.279 e. The highest BCUT2D eigenvalue weighted by Gasteiger charge is 2.19. The second-order valence-corrected chi connectivity index (χ2v) is 6.01. The minimum atomic E-state index is -3.97. The van der Waals surface area contributed by atoms with Crippen LogP contribution < -0.4 is 4.72 Å². The first-order valence-corrected chi connectivity index (χ1v) is 7.30. The Morgan fingerprint density at radius 1 is 1.11 bits per heavy atom. The number of benzene rings is 2. The molecule has 0 unspecified atom stereocenters. The molecule has 0 radical (unpaired) electrons. The van der Waals surface area contributed by atoms with Crippen LogP contribution in [-0.4, -0.2) is 8.42 Å². The zero-order valence-corrected chi connectivity index (χ0v) is 11.6. The first kappa shape index (κ1) is 13.8. The van der Waals surface area contributed by atoms with E-state index in [1.165, 1.54) is 18.2 Å². The van der Waals surface area contributed by atoms with Crippen LogP contribution in [0.5, 0.6) is 0 Å². The second kappa shape index (κ2) is 5.19. The molecule has 2 aromatic carbocycles. The summed E-state index contributed by atoms with van der Waals surface area (Å²) < 4.78 is 40.0. The van der Waals surface area contributed by atoms with E-state index in [4.69, 9.17) is 11.6 Å². The van der Waals surface area contributed by atoms with Gasteiger partial charge in [-0.3, -0.25) is 4.72 Å². The van der Waals surface area contributed by atoms with Crippen LogP contribution in [0.25, 0.3) is 0 Å². The zero-order chi connectivity index (χ0) is 14.0. The van der Waals surface area contributed by atoms with E-state index in [0.29, 0.717) is 16.3 Å². The van der Waals surface area contributed by atoms with Crippen molar-refractivity contribution in [2.75, 3.05) is 4.72 Å². The van der Waals surface area contributed by atoms with Crippen LogP contribution in [0.1, 0.15) is 5.56 Å². The number of sulfonamides is 1. The van der Waals surface area contributed by atoms with Gasteiger partial charge in [0.05, 0.1) is 5.69 Å². The van der Waals surface area contributed by atoms with Gasteiger partial charge in [0.15, 0.2) is 0 Å². The number of hydrogen-bond acceptors (Lipinski definition) is 2. The number of nitrogens with one attached hydrogen (secondary N) is 1. The Balaban J connectivity index is 2.43. The van der Waals surface area contributed by atoms with Gasteiger partial charge in [0.1, 0.15) is 10.7 Å². The quantitative estimate of drug-likeness (QED) is 0.941. The maximum Gasteiger partial charge on any atom is 0.264 e. The molecule has 1 N–H and O–H groups in total. The van der Waals surface area contributed by atoms with Crippen molar-refractivity contribution in [3.8, 4) is 0 Å². The number of rotatable bonds is 3. The smallest absolute Gasteiger partial charge is 0.264 e. The molecule has 6 heteroatoms. The molecule has 0 fully saturated rings. The summed E-state index contributed by atoms with van der Waals surface area (Å²) in [6, 6.07) is 10.0. The van der Waals surface area contributed by atoms with Gasteiger partial charge in [-0.2, -0.15) is 0 Å². The van der Waals surface area contributed by atoms with Crippen LogP contribution in [0, 0.1) is 12.7 Å². The van der Waals surface area contributed by atoms with Crippen molar-refractivity contribution in [3.05, 3.63) is 58.9 Å². The van der Waals surface area contributed by atoms with Gasteiger partial charge in [-0.05, 0) is 36.8 Å². The molecule has 0 atom stereocenters. The molecule has 2 aromatic rings. The molecule has 19 heavy (non-hydrogen) atoms. The summed E-state index contributed by atoms with van der Waals surface area (Å²) in [4.78, 5) is -0.394. The fraction of sp³-hybridized carbons (Fsp3) is 0.0769. The Kier molecular flexibility index (Phi) is 3.78. The molecule has 100 valence electrons. The Morgan fingerprint density at radius 3 is 2.47 bits per heavy atom. The first-order valence-electron chi connectivity index (χ1n) is 5.44. The molecule has 0 spiro atoms. The lowest BCUT2D eigenvalue weighted by molar-refractivity contribution is 0.570. The third-order valence-electron chi connectivity index (χ3n) is 2.64. The number of halogens is 2. The lowest BCUT2D eigenvalue weighted by Crippen LogP contribution is -2.15. The minimum absolute atomic E-state index is 0.329. The van der Waals surface area contributed by atoms with E-state index in [1.54, 1.807) is 25.1 Å². The number of anilines is 1. The zero-order valence-electron chi connectivity index (χ0n) is 10.0. The van der Waals surface area contributed by atoms with Gasteiger partial charge in [0, 0.05) is 5.02 Å². The third kappa shape index (κ3) is 2.88. The lowest BCUT2D eigenvalue weighted by Gasteiger charge is -2.11. The predicted molar refractivity (Wildman–Crippen MR) is 73.4 cm³/mol. The standard InChI is InChI=1S/C13H11ClFNO2S/c1-9-10(14)5-4-7-12(9)16-19(17,18)13-8-3-2-6-11(13)15/h2-8,16H,1H3. The summed E-state index contributed by atoms with van der Waals surface area (Å²) >= 11 is 5.91. The average Bonchev–Trinajstić information content (AvgIpc) is 2.35. The molecule has 0 aliphatic carbocycles. The first-order chi connectivity index (χ1) is 8.92. The fourth-order valence-corrected chi connectivity index (χ4v) is 2.96. The van der Waals surface area contributed by atoms with Crippen molar-refractivity contribution in [1.29, 1.82) is 0 Å². The molecule has 0 amide bonds. The summed E-state index contributed by atoms with van der Waals surface area (Å²) in [6.45, 7) is 1.68. The predicted octanol–water partition coefficient (Wildman–Crippen LogP) is 3.59. The summed E-state index contributed by atoms with van der Waals surface area (Å²) in [5, 5.41) is 0.439. The second-order valence-electron chi connectivity index (χ2n) is 3.95. The molecular weight excluding hydrogens is 289 g/mol. The van der Waals surface area contributed by atoms with Crippen molar-refractivity contribution in [2.45, 2.75) is 11.8 Å². The molecule has 3 nitrogen and oxygen atoms in total. The van der Waals surface area contributed by atoms with Crippen molar-refractivity contribution >= 4 is 27.3 Å². The Morgan fingerprint density at radius 2 is 1.79 bits per heavy atom. The number of hydrogen-bond donors (Lipinski definition) is 1. The topological polar surface area (TPSA) is 46.2 Å². The molecule has 0 bridgehead atoms. The van der Waals surface area contributed by atoms with Crippen molar-refractivity contribution in [3.63, 3.8) is 0 Å². The van der Waals surface area contributed by atoms with Gasteiger partial charge < -0.3 is 0 Å². The molecule has 2 rings (SSSR count). The maximum atomic E-state index is 13.5. The highest BCUT2D eigenvalue weighted by atomic mass is 35.5. The summed E-state index contributed by atoms with van der Waals surface area (Å²) in [6.07, 6.45) is 0. The Bertz CT molecular complexity index is 716. The average molecular weight is 300 g/mol.